The zero-order chi connectivity index (χ0) is 12.3. The van der Waals surface area contributed by atoms with E-state index in [4.69, 9.17) is 5.84 Å². The van der Waals surface area contributed by atoms with Gasteiger partial charge in [-0.1, -0.05) is 29.5 Å². The number of aryl methyl sites for hydroxylation is 2. The van der Waals surface area contributed by atoms with Gasteiger partial charge in [0.15, 0.2) is 0 Å². The van der Waals surface area contributed by atoms with Crippen LogP contribution in [0.3, 0.4) is 0 Å². The summed E-state index contributed by atoms with van der Waals surface area (Å²) in [4.78, 5) is 9.53. The smallest absolute Gasteiger partial charge is 0.238 e. The lowest BCUT2D eigenvalue weighted by atomic mass is 10.2. The lowest BCUT2D eigenvalue weighted by Crippen LogP contribution is -2.10. The summed E-state index contributed by atoms with van der Waals surface area (Å²) in [6.07, 6.45) is 1.76. The lowest BCUT2D eigenvalue weighted by molar-refractivity contribution is 0.992. The molecule has 5 heteroatoms. The van der Waals surface area contributed by atoms with Crippen molar-refractivity contribution in [1.29, 1.82) is 0 Å². The van der Waals surface area contributed by atoms with Gasteiger partial charge in [-0.2, -0.15) is 0 Å². The van der Waals surface area contributed by atoms with E-state index in [9.17, 15) is 0 Å². The van der Waals surface area contributed by atoms with Gasteiger partial charge in [0.1, 0.15) is 5.03 Å². The largest absolute Gasteiger partial charge is 0.292 e. The number of hydrazine groups is 1. The Labute approximate surface area is 105 Å². The maximum atomic E-state index is 5.30. The number of nitrogens with one attached hydrogen (secondary N) is 1. The van der Waals surface area contributed by atoms with Crippen molar-refractivity contribution in [3.63, 3.8) is 0 Å². The fourth-order valence-corrected chi connectivity index (χ4v) is 2.16. The van der Waals surface area contributed by atoms with Gasteiger partial charge in [-0.3, -0.25) is 5.43 Å². The molecule has 88 valence electrons. The molecule has 0 saturated heterocycles. The summed E-state index contributed by atoms with van der Waals surface area (Å²) in [7, 11) is 0. The van der Waals surface area contributed by atoms with Gasteiger partial charge < -0.3 is 0 Å². The third kappa shape index (κ3) is 2.95. The standard InChI is InChI=1S/C12H14N4S/c1-8-3-5-10(6-4-8)17-11-9(2)7-14-12(15-11)16-13/h3-7H,13H2,1-2H3,(H,14,15,16). The fraction of sp³-hybridized carbons (Fsp3) is 0.167. The zero-order valence-electron chi connectivity index (χ0n) is 9.77. The van der Waals surface area contributed by atoms with Crippen LogP contribution >= 0.6 is 11.8 Å². The Bertz CT molecular complexity index is 510. The Kier molecular flexibility index (Phi) is 3.61. The number of nitrogens with two attached hydrogens (primary N) is 1. The maximum Gasteiger partial charge on any atom is 0.238 e. The second-order valence-corrected chi connectivity index (χ2v) is 4.80. The molecule has 1 heterocycles. The molecule has 0 amide bonds. The fourth-order valence-electron chi connectivity index (χ4n) is 1.32. The molecule has 0 aliphatic rings. The quantitative estimate of drug-likeness (QED) is 0.495. The third-order valence-corrected chi connectivity index (χ3v) is 3.40. The third-order valence-electron chi connectivity index (χ3n) is 2.29. The molecule has 0 bridgehead atoms. The number of hydrogen-bond acceptors (Lipinski definition) is 5. The van der Waals surface area contributed by atoms with E-state index < -0.39 is 0 Å². The summed E-state index contributed by atoms with van der Waals surface area (Å²) in [6.45, 7) is 4.05. The first kappa shape index (κ1) is 11.9. The predicted molar refractivity (Wildman–Crippen MR) is 69.9 cm³/mol. The number of rotatable bonds is 3. The number of anilines is 1. The topological polar surface area (TPSA) is 63.8 Å². The monoisotopic (exact) mass is 246 g/mol. The van der Waals surface area contributed by atoms with Crippen LogP contribution in [0.5, 0.6) is 0 Å². The van der Waals surface area contributed by atoms with Gasteiger partial charge in [-0.25, -0.2) is 15.8 Å². The van der Waals surface area contributed by atoms with Crippen LogP contribution in [0.4, 0.5) is 5.95 Å². The molecule has 2 rings (SSSR count). The van der Waals surface area contributed by atoms with Crippen LogP contribution in [0.25, 0.3) is 0 Å². The van der Waals surface area contributed by atoms with Crippen molar-refractivity contribution in [1.82, 2.24) is 9.97 Å². The van der Waals surface area contributed by atoms with Gasteiger partial charge in [-0.05, 0) is 26.0 Å². The van der Waals surface area contributed by atoms with Crippen LogP contribution in [-0.4, -0.2) is 9.97 Å². The minimum atomic E-state index is 0.435. The predicted octanol–water partition coefficient (Wildman–Crippen LogP) is 2.53. The van der Waals surface area contributed by atoms with Crippen LogP contribution in [0, 0.1) is 13.8 Å². The average Bonchev–Trinajstić information content (AvgIpc) is 2.35. The van der Waals surface area contributed by atoms with Crippen molar-refractivity contribution in [2.75, 3.05) is 5.43 Å². The van der Waals surface area contributed by atoms with Crippen LogP contribution in [0.1, 0.15) is 11.1 Å². The molecule has 0 fully saturated rings. The highest BCUT2D eigenvalue weighted by Gasteiger charge is 2.05. The van der Waals surface area contributed by atoms with E-state index in [1.54, 1.807) is 18.0 Å². The van der Waals surface area contributed by atoms with E-state index in [1.165, 1.54) is 5.56 Å². The van der Waals surface area contributed by atoms with Gasteiger partial charge in [-0.15, -0.1) is 0 Å². The van der Waals surface area contributed by atoms with Gasteiger partial charge in [0, 0.05) is 16.7 Å². The first-order valence-corrected chi connectivity index (χ1v) is 6.05. The average molecular weight is 246 g/mol. The van der Waals surface area contributed by atoms with E-state index >= 15 is 0 Å². The highest BCUT2D eigenvalue weighted by Crippen LogP contribution is 2.28. The van der Waals surface area contributed by atoms with E-state index in [0.717, 1.165) is 15.5 Å². The Morgan fingerprint density at radius 2 is 1.88 bits per heavy atom. The summed E-state index contributed by atoms with van der Waals surface area (Å²) in [6, 6.07) is 8.33. The van der Waals surface area contributed by atoms with Crippen molar-refractivity contribution in [2.24, 2.45) is 5.84 Å². The highest BCUT2D eigenvalue weighted by molar-refractivity contribution is 7.99. The van der Waals surface area contributed by atoms with Crippen molar-refractivity contribution < 1.29 is 0 Å². The summed E-state index contributed by atoms with van der Waals surface area (Å²) >= 11 is 1.61. The summed E-state index contributed by atoms with van der Waals surface area (Å²) < 4.78 is 0. The van der Waals surface area contributed by atoms with Crippen LogP contribution in [-0.2, 0) is 0 Å². The molecule has 3 N–H and O–H groups in total. The van der Waals surface area contributed by atoms with Gasteiger partial charge in [0.25, 0.3) is 0 Å². The van der Waals surface area contributed by atoms with Crippen molar-refractivity contribution in [2.45, 2.75) is 23.8 Å². The molecule has 1 aromatic carbocycles. The molecule has 0 atom stereocenters. The molecular formula is C12H14N4S. The molecule has 4 nitrogen and oxygen atoms in total. The molecule has 0 aliphatic heterocycles. The molecular weight excluding hydrogens is 232 g/mol. The van der Waals surface area contributed by atoms with Gasteiger partial charge >= 0.3 is 0 Å². The van der Waals surface area contributed by atoms with Crippen LogP contribution < -0.4 is 11.3 Å². The number of nitrogen functional groups attached to an aromatic ring is 1. The van der Waals surface area contributed by atoms with Crippen molar-refractivity contribution in [3.05, 3.63) is 41.6 Å². The summed E-state index contributed by atoms with van der Waals surface area (Å²) in [5.74, 6) is 5.73. The number of benzene rings is 1. The van der Waals surface area contributed by atoms with E-state index in [2.05, 4.69) is 46.6 Å². The van der Waals surface area contributed by atoms with E-state index in [1.807, 2.05) is 6.92 Å². The highest BCUT2D eigenvalue weighted by atomic mass is 32.2. The Balaban J connectivity index is 2.25. The van der Waals surface area contributed by atoms with Crippen molar-refractivity contribution in [3.8, 4) is 0 Å². The Morgan fingerprint density at radius 1 is 1.18 bits per heavy atom. The normalized spacial score (nSPS) is 10.3. The van der Waals surface area contributed by atoms with Crippen molar-refractivity contribution >= 4 is 17.7 Å². The lowest BCUT2D eigenvalue weighted by Gasteiger charge is -2.06. The van der Waals surface area contributed by atoms with E-state index in [-0.39, 0.29) is 0 Å². The second kappa shape index (κ2) is 5.16. The first-order chi connectivity index (χ1) is 8.19. The van der Waals surface area contributed by atoms with Crippen LogP contribution in [0.15, 0.2) is 40.4 Å². The number of hydrogen-bond donors (Lipinski definition) is 2. The minimum Gasteiger partial charge on any atom is -0.292 e. The van der Waals surface area contributed by atoms with Crippen LogP contribution in [0.2, 0.25) is 0 Å². The second-order valence-electron chi connectivity index (χ2n) is 3.74. The molecule has 1 aromatic heterocycles. The van der Waals surface area contributed by atoms with Gasteiger partial charge in [0.05, 0.1) is 0 Å². The molecule has 0 radical (unpaired) electrons. The molecule has 0 aliphatic carbocycles. The van der Waals surface area contributed by atoms with E-state index in [0.29, 0.717) is 5.95 Å². The zero-order valence-corrected chi connectivity index (χ0v) is 10.6. The summed E-state index contributed by atoms with van der Waals surface area (Å²) in [5.41, 5.74) is 4.74. The summed E-state index contributed by atoms with van der Waals surface area (Å²) in [5, 5.41) is 0.914. The Hall–Kier alpha value is -1.59. The molecule has 0 spiro atoms. The molecule has 0 saturated carbocycles. The molecule has 17 heavy (non-hydrogen) atoms. The first-order valence-electron chi connectivity index (χ1n) is 5.24. The Morgan fingerprint density at radius 3 is 2.53 bits per heavy atom. The number of nitrogens with zero attached hydrogens (tertiary/aromatic N) is 2. The maximum absolute atomic E-state index is 5.30. The SMILES string of the molecule is Cc1ccc(Sc2nc(NN)ncc2C)cc1. The molecule has 0 unspecified atom stereocenters. The minimum absolute atomic E-state index is 0.435. The van der Waals surface area contributed by atoms with Gasteiger partial charge in [0.2, 0.25) is 5.95 Å². The molecule has 2 aromatic rings. The number of aromatic nitrogens is 2.